The molecule has 0 aliphatic carbocycles. The number of aryl methyl sites for hydroxylation is 2. The minimum atomic E-state index is -4.97. The van der Waals surface area contributed by atoms with Gasteiger partial charge in [0.15, 0.2) is 0 Å². The topological polar surface area (TPSA) is 102 Å². The third-order valence-corrected chi connectivity index (χ3v) is 5.15. The number of rotatable bonds is 5. The third-order valence-electron chi connectivity index (χ3n) is 5.15. The Bertz CT molecular complexity index is 959. The van der Waals surface area contributed by atoms with E-state index in [0.29, 0.717) is 32.7 Å². The lowest BCUT2D eigenvalue weighted by Crippen LogP contribution is -2.49. The van der Waals surface area contributed by atoms with Crippen LogP contribution in [-0.4, -0.2) is 66.4 Å². The van der Waals surface area contributed by atoms with Gasteiger partial charge in [0.1, 0.15) is 12.2 Å². The second-order valence-corrected chi connectivity index (χ2v) is 7.27. The Kier molecular flexibility index (Phi) is 5.83. The Hall–Kier alpha value is -2.96. The number of hydrogen-bond donors (Lipinski definition) is 0. The third kappa shape index (κ3) is 4.45. The van der Waals surface area contributed by atoms with E-state index in [9.17, 15) is 28.1 Å². The Balaban J connectivity index is 1.64. The molecule has 3 heterocycles. The van der Waals surface area contributed by atoms with Gasteiger partial charge in [0.2, 0.25) is 11.6 Å². The van der Waals surface area contributed by atoms with Crippen molar-refractivity contribution in [3.8, 4) is 0 Å². The first-order chi connectivity index (χ1) is 14.0. The molecule has 0 spiro atoms. The maximum absolute atomic E-state index is 13.1. The van der Waals surface area contributed by atoms with Gasteiger partial charge < -0.3 is 4.90 Å². The van der Waals surface area contributed by atoms with Crippen LogP contribution in [0.4, 0.5) is 18.9 Å². The lowest BCUT2D eigenvalue weighted by atomic mass is 10.2. The van der Waals surface area contributed by atoms with Crippen molar-refractivity contribution in [2.45, 2.75) is 33.1 Å². The molecule has 1 fully saturated rings. The summed E-state index contributed by atoms with van der Waals surface area (Å²) in [6, 6.07) is 0. The van der Waals surface area contributed by atoms with Gasteiger partial charge in [0, 0.05) is 51.5 Å². The normalized spacial score (nSPS) is 15.6. The molecule has 0 bridgehead atoms. The summed E-state index contributed by atoms with van der Waals surface area (Å²) in [5, 5.41) is 18.7. The highest BCUT2D eigenvalue weighted by molar-refractivity contribution is 5.76. The van der Waals surface area contributed by atoms with Crippen LogP contribution < -0.4 is 0 Å². The molecule has 10 nitrogen and oxygen atoms in total. The highest BCUT2D eigenvalue weighted by atomic mass is 19.4. The molecule has 1 aliphatic heterocycles. The zero-order valence-electron chi connectivity index (χ0n) is 16.8. The van der Waals surface area contributed by atoms with Crippen LogP contribution in [0.2, 0.25) is 0 Å². The van der Waals surface area contributed by atoms with Crippen LogP contribution in [0.25, 0.3) is 0 Å². The van der Waals surface area contributed by atoms with E-state index in [1.807, 2.05) is 20.2 Å². The number of halogens is 3. The van der Waals surface area contributed by atoms with Crippen LogP contribution in [0, 0.1) is 24.0 Å². The molecule has 2 aromatic heterocycles. The molecule has 3 rings (SSSR count). The largest absolute Gasteiger partial charge is 0.442 e. The average molecular weight is 429 g/mol. The van der Waals surface area contributed by atoms with Crippen molar-refractivity contribution in [1.82, 2.24) is 29.4 Å². The summed E-state index contributed by atoms with van der Waals surface area (Å²) in [6.07, 6.45) is -3.03. The van der Waals surface area contributed by atoms with Gasteiger partial charge in [-0.3, -0.25) is 29.2 Å². The van der Waals surface area contributed by atoms with Gasteiger partial charge in [0.25, 0.3) is 0 Å². The summed E-state index contributed by atoms with van der Waals surface area (Å²) in [5.41, 5.74) is -0.976. The maximum Gasteiger partial charge on any atom is 0.442 e. The van der Waals surface area contributed by atoms with Crippen LogP contribution in [0.1, 0.15) is 22.6 Å². The van der Waals surface area contributed by atoms with Gasteiger partial charge in [-0.25, -0.2) is 0 Å². The average Bonchev–Trinajstić information content (AvgIpc) is 3.14. The fourth-order valence-electron chi connectivity index (χ4n) is 3.53. The van der Waals surface area contributed by atoms with Crippen molar-refractivity contribution in [1.29, 1.82) is 0 Å². The van der Waals surface area contributed by atoms with E-state index in [-0.39, 0.29) is 5.69 Å². The first kappa shape index (κ1) is 21.7. The number of alkyl halides is 3. The summed E-state index contributed by atoms with van der Waals surface area (Å²) in [6.45, 7) is 5.32. The first-order valence-corrected chi connectivity index (χ1v) is 9.25. The highest BCUT2D eigenvalue weighted by Crippen LogP contribution is 2.36. The van der Waals surface area contributed by atoms with Crippen molar-refractivity contribution < 1.29 is 22.9 Å². The summed E-state index contributed by atoms with van der Waals surface area (Å²) < 4.78 is 41.7. The SMILES string of the molecule is Cc1nn(C)cc1CN1CCN(C(=O)Cn2nc(C(F)(F)F)c([N+](=O)[O-])c2C)CC1. The fraction of sp³-hybridized carbons (Fsp3) is 0.588. The Morgan fingerprint density at radius 2 is 1.83 bits per heavy atom. The van der Waals surface area contributed by atoms with Gasteiger partial charge in [-0.15, -0.1) is 0 Å². The van der Waals surface area contributed by atoms with E-state index < -0.39 is 34.9 Å². The van der Waals surface area contributed by atoms with Crippen molar-refractivity contribution in [2.24, 2.45) is 7.05 Å². The molecule has 1 amide bonds. The van der Waals surface area contributed by atoms with Crippen LogP contribution in [0.15, 0.2) is 6.20 Å². The standard InChI is InChI=1S/C17H22F3N7O3/c1-11-13(8-23(3)21-11)9-24-4-6-25(7-5-24)14(28)10-26-12(2)15(27(29)30)16(22-26)17(18,19)20/h8H,4-7,9-10H2,1-3H3. The molecule has 0 saturated carbocycles. The molecule has 2 aromatic rings. The van der Waals surface area contributed by atoms with Crippen LogP contribution in [0.5, 0.6) is 0 Å². The van der Waals surface area contributed by atoms with Crippen LogP contribution in [-0.2, 0) is 31.1 Å². The summed E-state index contributed by atoms with van der Waals surface area (Å²) in [7, 11) is 1.85. The monoisotopic (exact) mass is 429 g/mol. The predicted octanol–water partition coefficient (Wildman–Crippen LogP) is 1.50. The summed E-state index contributed by atoms with van der Waals surface area (Å²) in [5.74, 6) is -0.429. The molecule has 0 aromatic carbocycles. The van der Waals surface area contributed by atoms with E-state index in [4.69, 9.17) is 0 Å². The molecule has 1 aliphatic rings. The lowest BCUT2D eigenvalue weighted by Gasteiger charge is -2.34. The number of aromatic nitrogens is 4. The smallest absolute Gasteiger partial charge is 0.339 e. The highest BCUT2D eigenvalue weighted by Gasteiger charge is 2.44. The van der Waals surface area contributed by atoms with Gasteiger partial charge in [0.05, 0.1) is 10.6 Å². The number of carbonyl (C=O) groups excluding carboxylic acids is 1. The Labute approximate surface area is 170 Å². The first-order valence-electron chi connectivity index (χ1n) is 9.25. The van der Waals surface area contributed by atoms with E-state index in [0.717, 1.165) is 22.9 Å². The number of nitrogens with zero attached hydrogens (tertiary/aromatic N) is 7. The predicted molar refractivity (Wildman–Crippen MR) is 98.4 cm³/mol. The molecule has 0 N–H and O–H groups in total. The van der Waals surface area contributed by atoms with Crippen LogP contribution in [0.3, 0.4) is 0 Å². The number of hydrogen-bond acceptors (Lipinski definition) is 6. The zero-order chi connectivity index (χ0) is 22.2. The quantitative estimate of drug-likeness (QED) is 0.527. The molecule has 1 saturated heterocycles. The Morgan fingerprint density at radius 1 is 1.20 bits per heavy atom. The number of carbonyl (C=O) groups is 1. The minimum absolute atomic E-state index is 0.300. The Morgan fingerprint density at radius 3 is 2.30 bits per heavy atom. The molecule has 30 heavy (non-hydrogen) atoms. The molecule has 0 radical (unpaired) electrons. The lowest BCUT2D eigenvalue weighted by molar-refractivity contribution is -0.388. The number of nitro groups is 1. The number of piperazine rings is 1. The zero-order valence-corrected chi connectivity index (χ0v) is 16.8. The summed E-state index contributed by atoms with van der Waals surface area (Å²) >= 11 is 0. The van der Waals surface area contributed by atoms with Crippen LogP contribution >= 0.6 is 0 Å². The van der Waals surface area contributed by atoms with Crippen molar-refractivity contribution in [2.75, 3.05) is 26.2 Å². The van der Waals surface area contributed by atoms with Crippen molar-refractivity contribution in [3.63, 3.8) is 0 Å². The van der Waals surface area contributed by atoms with Crippen molar-refractivity contribution in [3.05, 3.63) is 39.0 Å². The van der Waals surface area contributed by atoms with E-state index in [2.05, 4.69) is 15.1 Å². The van der Waals surface area contributed by atoms with Gasteiger partial charge in [-0.2, -0.15) is 23.4 Å². The van der Waals surface area contributed by atoms with E-state index in [1.54, 1.807) is 4.68 Å². The molecule has 13 heteroatoms. The van der Waals surface area contributed by atoms with Gasteiger partial charge in [-0.05, 0) is 13.8 Å². The molecule has 0 atom stereocenters. The van der Waals surface area contributed by atoms with Crippen molar-refractivity contribution >= 4 is 11.6 Å². The van der Waals surface area contributed by atoms with Gasteiger partial charge >= 0.3 is 11.9 Å². The van der Waals surface area contributed by atoms with Gasteiger partial charge in [-0.1, -0.05) is 0 Å². The molecule has 0 unspecified atom stereocenters. The minimum Gasteiger partial charge on any atom is -0.339 e. The summed E-state index contributed by atoms with van der Waals surface area (Å²) in [4.78, 5) is 26.2. The number of amides is 1. The molecular weight excluding hydrogens is 407 g/mol. The second kappa shape index (κ2) is 8.05. The molecule has 164 valence electrons. The van der Waals surface area contributed by atoms with E-state index in [1.165, 1.54) is 4.90 Å². The second-order valence-electron chi connectivity index (χ2n) is 7.27. The fourth-order valence-corrected chi connectivity index (χ4v) is 3.53. The van der Waals surface area contributed by atoms with E-state index >= 15 is 0 Å². The maximum atomic E-state index is 13.1. The molecular formula is C17H22F3N7O3.